The second-order valence-corrected chi connectivity index (χ2v) is 4.13. The summed E-state index contributed by atoms with van der Waals surface area (Å²) in [7, 11) is 0. The molecule has 3 aromatic rings. The van der Waals surface area contributed by atoms with Crippen LogP contribution >= 0.6 is 11.6 Å². The largest absolute Gasteiger partial charge is 0.294 e. The number of aromatic amines is 1. The molecule has 0 fully saturated rings. The van der Waals surface area contributed by atoms with Gasteiger partial charge in [-0.2, -0.15) is 5.10 Å². The zero-order valence-electron chi connectivity index (χ0n) is 9.17. The summed E-state index contributed by atoms with van der Waals surface area (Å²) in [6.07, 6.45) is 0. The quantitative estimate of drug-likeness (QED) is 0.752. The van der Waals surface area contributed by atoms with E-state index in [1.807, 2.05) is 30.3 Å². The van der Waals surface area contributed by atoms with Crippen LogP contribution < -0.4 is 5.56 Å². The van der Waals surface area contributed by atoms with Gasteiger partial charge >= 0.3 is 0 Å². The number of halogens is 1. The lowest BCUT2D eigenvalue weighted by Crippen LogP contribution is -2.09. The van der Waals surface area contributed by atoms with Crippen molar-refractivity contribution in [3.05, 3.63) is 51.4 Å². The van der Waals surface area contributed by atoms with Gasteiger partial charge in [-0.25, -0.2) is 9.78 Å². The number of benzene rings is 1. The van der Waals surface area contributed by atoms with E-state index >= 15 is 0 Å². The van der Waals surface area contributed by atoms with E-state index in [4.69, 9.17) is 11.6 Å². The molecule has 0 spiro atoms. The summed E-state index contributed by atoms with van der Waals surface area (Å²) in [5, 5.41) is 13.9. The summed E-state index contributed by atoms with van der Waals surface area (Å²) >= 11 is 5.96. The molecule has 0 radical (unpaired) electrons. The molecule has 0 aliphatic heterocycles. The zero-order chi connectivity index (χ0) is 12.5. The van der Waals surface area contributed by atoms with Crippen LogP contribution in [0.5, 0.6) is 0 Å². The normalized spacial score (nSPS) is 10.9. The molecule has 6 nitrogen and oxygen atoms in total. The Balaban J connectivity index is 2.14. The SMILES string of the molecule is O=c1[nH]nc(Cl)c2c1nnn2Cc1ccccc1. The molecule has 0 saturated carbocycles. The third-order valence-electron chi connectivity index (χ3n) is 2.58. The van der Waals surface area contributed by atoms with E-state index in [1.54, 1.807) is 4.68 Å². The number of nitrogens with one attached hydrogen (secondary N) is 1. The van der Waals surface area contributed by atoms with E-state index < -0.39 is 5.56 Å². The van der Waals surface area contributed by atoms with Gasteiger partial charge in [-0.1, -0.05) is 47.1 Å². The van der Waals surface area contributed by atoms with Crippen LogP contribution in [0.2, 0.25) is 5.15 Å². The summed E-state index contributed by atoms with van der Waals surface area (Å²) in [6.45, 7) is 0.488. The first-order valence-electron chi connectivity index (χ1n) is 5.27. The highest BCUT2D eigenvalue weighted by Gasteiger charge is 2.13. The Morgan fingerprint density at radius 3 is 2.83 bits per heavy atom. The predicted octanol–water partition coefficient (Wildman–Crippen LogP) is 1.22. The molecule has 2 heterocycles. The van der Waals surface area contributed by atoms with Crippen molar-refractivity contribution in [2.75, 3.05) is 0 Å². The van der Waals surface area contributed by atoms with Crippen LogP contribution in [0, 0.1) is 0 Å². The maximum atomic E-state index is 11.5. The lowest BCUT2D eigenvalue weighted by molar-refractivity contribution is 0.669. The van der Waals surface area contributed by atoms with Crippen LogP contribution in [-0.4, -0.2) is 25.2 Å². The van der Waals surface area contributed by atoms with Gasteiger partial charge in [0.25, 0.3) is 5.56 Å². The van der Waals surface area contributed by atoms with Gasteiger partial charge in [0.15, 0.2) is 10.7 Å². The van der Waals surface area contributed by atoms with Crippen molar-refractivity contribution in [1.29, 1.82) is 0 Å². The van der Waals surface area contributed by atoms with E-state index in [0.29, 0.717) is 12.1 Å². The summed E-state index contributed by atoms with van der Waals surface area (Å²) in [6, 6.07) is 9.72. The topological polar surface area (TPSA) is 76.5 Å². The molecule has 0 aliphatic carbocycles. The van der Waals surface area contributed by atoms with Crippen molar-refractivity contribution >= 4 is 22.6 Å². The van der Waals surface area contributed by atoms with Gasteiger partial charge < -0.3 is 0 Å². The van der Waals surface area contributed by atoms with Gasteiger partial charge in [0.1, 0.15) is 5.52 Å². The molecule has 3 rings (SSSR count). The third kappa shape index (κ3) is 1.76. The number of hydrogen-bond acceptors (Lipinski definition) is 4. The van der Waals surface area contributed by atoms with E-state index in [9.17, 15) is 4.79 Å². The molecule has 2 aromatic heterocycles. The zero-order valence-corrected chi connectivity index (χ0v) is 9.92. The molecule has 0 atom stereocenters. The van der Waals surface area contributed by atoms with Crippen molar-refractivity contribution in [3.8, 4) is 0 Å². The van der Waals surface area contributed by atoms with Gasteiger partial charge in [0.05, 0.1) is 6.54 Å². The minimum atomic E-state index is -0.395. The van der Waals surface area contributed by atoms with E-state index in [0.717, 1.165) is 5.56 Å². The summed E-state index contributed by atoms with van der Waals surface area (Å²) in [5.41, 5.74) is 1.30. The molecule has 1 aromatic carbocycles. The highest BCUT2D eigenvalue weighted by atomic mass is 35.5. The lowest BCUT2D eigenvalue weighted by Gasteiger charge is -2.02. The van der Waals surface area contributed by atoms with Gasteiger partial charge in [0, 0.05) is 0 Å². The number of rotatable bonds is 2. The molecule has 90 valence electrons. The van der Waals surface area contributed by atoms with E-state index in [-0.39, 0.29) is 10.7 Å². The standard InChI is InChI=1S/C11H8ClN5O/c12-10-9-8(11(18)15-14-10)13-16-17(9)6-7-4-2-1-3-5-7/h1-5H,6H2,(H,15,18). The van der Waals surface area contributed by atoms with Gasteiger partial charge in [-0.15, -0.1) is 5.10 Å². The molecular weight excluding hydrogens is 254 g/mol. The first-order chi connectivity index (χ1) is 8.75. The van der Waals surface area contributed by atoms with Crippen molar-refractivity contribution in [3.63, 3.8) is 0 Å². The maximum Gasteiger partial charge on any atom is 0.294 e. The van der Waals surface area contributed by atoms with Crippen molar-refractivity contribution in [2.24, 2.45) is 0 Å². The Bertz CT molecular complexity index is 749. The number of aromatic nitrogens is 5. The molecule has 0 bridgehead atoms. The van der Waals surface area contributed by atoms with E-state index in [2.05, 4.69) is 20.5 Å². The minimum absolute atomic E-state index is 0.186. The van der Waals surface area contributed by atoms with Crippen molar-refractivity contribution in [1.82, 2.24) is 25.2 Å². The average molecular weight is 262 g/mol. The predicted molar refractivity (Wildman–Crippen MR) is 66.5 cm³/mol. The third-order valence-corrected chi connectivity index (χ3v) is 2.84. The van der Waals surface area contributed by atoms with E-state index in [1.165, 1.54) is 0 Å². The summed E-state index contributed by atoms with van der Waals surface area (Å²) in [5.74, 6) is 0. The monoisotopic (exact) mass is 261 g/mol. The van der Waals surface area contributed by atoms with Crippen molar-refractivity contribution in [2.45, 2.75) is 6.54 Å². The molecule has 0 unspecified atom stereocenters. The Labute approximate surface area is 106 Å². The molecule has 7 heteroatoms. The Kier molecular flexibility index (Phi) is 2.56. The second kappa shape index (κ2) is 4.23. The van der Waals surface area contributed by atoms with Crippen LogP contribution in [0.4, 0.5) is 0 Å². The highest BCUT2D eigenvalue weighted by molar-refractivity contribution is 6.33. The minimum Gasteiger partial charge on any atom is -0.265 e. The van der Waals surface area contributed by atoms with Gasteiger partial charge in [-0.3, -0.25) is 4.79 Å². The first kappa shape index (κ1) is 10.9. The fraction of sp³-hybridized carbons (Fsp3) is 0.0909. The molecular formula is C11H8ClN5O. The Morgan fingerprint density at radius 1 is 1.28 bits per heavy atom. The number of nitrogens with zero attached hydrogens (tertiary/aromatic N) is 4. The van der Waals surface area contributed by atoms with Crippen LogP contribution in [0.3, 0.4) is 0 Å². The smallest absolute Gasteiger partial charge is 0.265 e. The Morgan fingerprint density at radius 2 is 2.06 bits per heavy atom. The van der Waals surface area contributed by atoms with Crippen LogP contribution in [0.25, 0.3) is 11.0 Å². The Hall–Kier alpha value is -2.21. The maximum absolute atomic E-state index is 11.5. The average Bonchev–Trinajstić information content (AvgIpc) is 2.80. The molecule has 0 amide bonds. The molecule has 0 aliphatic rings. The fourth-order valence-electron chi connectivity index (χ4n) is 1.74. The summed E-state index contributed by atoms with van der Waals surface area (Å²) in [4.78, 5) is 11.5. The number of H-pyrrole nitrogens is 1. The molecule has 18 heavy (non-hydrogen) atoms. The number of hydrogen-bond donors (Lipinski definition) is 1. The summed E-state index contributed by atoms with van der Waals surface area (Å²) < 4.78 is 1.56. The highest BCUT2D eigenvalue weighted by Crippen LogP contribution is 2.16. The first-order valence-corrected chi connectivity index (χ1v) is 5.65. The fourth-order valence-corrected chi connectivity index (χ4v) is 1.97. The lowest BCUT2D eigenvalue weighted by atomic mass is 10.2. The van der Waals surface area contributed by atoms with Crippen LogP contribution in [0.15, 0.2) is 35.1 Å². The second-order valence-electron chi connectivity index (χ2n) is 3.77. The molecule has 0 saturated heterocycles. The van der Waals surface area contributed by atoms with Crippen molar-refractivity contribution < 1.29 is 0 Å². The number of fused-ring (bicyclic) bond motifs is 1. The van der Waals surface area contributed by atoms with Gasteiger partial charge in [0.2, 0.25) is 0 Å². The van der Waals surface area contributed by atoms with Crippen LogP contribution in [-0.2, 0) is 6.54 Å². The molecule has 1 N–H and O–H groups in total. The van der Waals surface area contributed by atoms with Gasteiger partial charge in [-0.05, 0) is 5.56 Å². The van der Waals surface area contributed by atoms with Crippen LogP contribution in [0.1, 0.15) is 5.56 Å².